The van der Waals surface area contributed by atoms with E-state index in [9.17, 15) is 8.42 Å². The lowest BCUT2D eigenvalue weighted by atomic mass is 10.3. The second kappa shape index (κ2) is 7.42. The van der Waals surface area contributed by atoms with Crippen LogP contribution in [0.4, 0.5) is 5.69 Å². The van der Waals surface area contributed by atoms with Crippen molar-refractivity contribution in [1.82, 2.24) is 14.6 Å². The third kappa shape index (κ3) is 5.54. The van der Waals surface area contributed by atoms with E-state index in [1.54, 1.807) is 25.4 Å². The van der Waals surface area contributed by atoms with Gasteiger partial charge in [0.25, 0.3) is 0 Å². The molecule has 7 heteroatoms. The maximum atomic E-state index is 12.0. The Morgan fingerprint density at radius 3 is 2.79 bits per heavy atom. The van der Waals surface area contributed by atoms with Crippen LogP contribution in [0, 0.1) is 6.92 Å². The van der Waals surface area contributed by atoms with Crippen LogP contribution in [0.25, 0.3) is 0 Å². The number of rotatable bonds is 8. The van der Waals surface area contributed by atoms with E-state index >= 15 is 0 Å². The number of pyridine rings is 1. The number of hydrogen-bond acceptors (Lipinski definition) is 4. The summed E-state index contributed by atoms with van der Waals surface area (Å²) in [5.74, 6) is 0. The highest BCUT2D eigenvalue weighted by Gasteiger charge is 2.16. The molecule has 1 heterocycles. The zero-order valence-corrected chi connectivity index (χ0v) is 12.5. The van der Waals surface area contributed by atoms with Crippen molar-refractivity contribution in [2.24, 2.45) is 0 Å². The standard InChI is InChI=1S/C12H22N4O2S/c1-4-13-7-5-9-16(3)19(17,18)15-12-6-8-14-11(2)10-12/h6,8,10,13H,4-5,7,9H2,1-3H3,(H,14,15). The maximum Gasteiger partial charge on any atom is 0.301 e. The first-order valence-electron chi connectivity index (χ1n) is 6.33. The topological polar surface area (TPSA) is 74.3 Å². The van der Waals surface area contributed by atoms with E-state index in [1.807, 2.05) is 13.8 Å². The molecule has 6 nitrogen and oxygen atoms in total. The molecule has 0 saturated heterocycles. The summed E-state index contributed by atoms with van der Waals surface area (Å²) in [5.41, 5.74) is 1.31. The van der Waals surface area contributed by atoms with Gasteiger partial charge in [0.2, 0.25) is 0 Å². The Labute approximate surface area is 115 Å². The van der Waals surface area contributed by atoms with Gasteiger partial charge in [-0.3, -0.25) is 9.71 Å². The fraction of sp³-hybridized carbons (Fsp3) is 0.583. The fourth-order valence-corrected chi connectivity index (χ4v) is 2.51. The number of aryl methyl sites for hydroxylation is 1. The SMILES string of the molecule is CCNCCCN(C)S(=O)(=O)Nc1ccnc(C)c1. The Hall–Kier alpha value is -1.18. The molecule has 0 fully saturated rings. The van der Waals surface area contributed by atoms with Crippen LogP contribution in [0.1, 0.15) is 19.0 Å². The van der Waals surface area contributed by atoms with E-state index in [0.717, 1.165) is 25.2 Å². The first-order chi connectivity index (χ1) is 8.95. The van der Waals surface area contributed by atoms with Crippen LogP contribution in [0.15, 0.2) is 18.3 Å². The number of nitrogens with one attached hydrogen (secondary N) is 2. The van der Waals surface area contributed by atoms with Crippen LogP contribution in [-0.2, 0) is 10.2 Å². The van der Waals surface area contributed by atoms with Gasteiger partial charge < -0.3 is 5.32 Å². The molecular weight excluding hydrogens is 264 g/mol. The molecule has 1 aromatic rings. The van der Waals surface area contributed by atoms with Crippen molar-refractivity contribution in [2.75, 3.05) is 31.4 Å². The van der Waals surface area contributed by atoms with Crippen molar-refractivity contribution < 1.29 is 8.42 Å². The first kappa shape index (κ1) is 15.9. The molecule has 0 spiro atoms. The van der Waals surface area contributed by atoms with E-state index in [4.69, 9.17) is 0 Å². The smallest absolute Gasteiger partial charge is 0.301 e. The summed E-state index contributed by atoms with van der Waals surface area (Å²) in [5, 5.41) is 3.16. The Morgan fingerprint density at radius 1 is 1.42 bits per heavy atom. The molecule has 108 valence electrons. The van der Waals surface area contributed by atoms with Gasteiger partial charge >= 0.3 is 10.2 Å². The number of nitrogens with zero attached hydrogens (tertiary/aromatic N) is 2. The van der Waals surface area contributed by atoms with Crippen molar-refractivity contribution in [3.8, 4) is 0 Å². The second-order valence-corrected chi connectivity index (χ2v) is 6.10. The molecule has 19 heavy (non-hydrogen) atoms. The average Bonchev–Trinajstić information content (AvgIpc) is 2.33. The third-order valence-corrected chi connectivity index (χ3v) is 4.13. The molecule has 0 aliphatic heterocycles. The van der Waals surface area contributed by atoms with Gasteiger partial charge in [-0.1, -0.05) is 6.92 Å². The summed E-state index contributed by atoms with van der Waals surface area (Å²) in [6.07, 6.45) is 2.36. The minimum Gasteiger partial charge on any atom is -0.317 e. The molecule has 0 saturated carbocycles. The molecule has 0 radical (unpaired) electrons. The van der Waals surface area contributed by atoms with Crippen molar-refractivity contribution in [1.29, 1.82) is 0 Å². The van der Waals surface area contributed by atoms with Crippen molar-refractivity contribution in [2.45, 2.75) is 20.3 Å². The first-order valence-corrected chi connectivity index (χ1v) is 7.77. The highest BCUT2D eigenvalue weighted by molar-refractivity contribution is 7.90. The van der Waals surface area contributed by atoms with Gasteiger partial charge in [-0.2, -0.15) is 12.7 Å². The van der Waals surface area contributed by atoms with E-state index in [2.05, 4.69) is 15.0 Å². The normalized spacial score (nSPS) is 11.8. The molecule has 0 bridgehead atoms. The molecule has 1 rings (SSSR count). The van der Waals surface area contributed by atoms with Crippen LogP contribution < -0.4 is 10.0 Å². The Bertz CT molecular complexity index is 490. The minimum absolute atomic E-state index is 0.479. The Morgan fingerprint density at radius 2 is 2.16 bits per heavy atom. The van der Waals surface area contributed by atoms with Gasteiger partial charge in [0.05, 0.1) is 5.69 Å². The molecular formula is C12H22N4O2S. The van der Waals surface area contributed by atoms with Gasteiger partial charge in [0.15, 0.2) is 0 Å². The fourth-order valence-electron chi connectivity index (χ4n) is 1.56. The van der Waals surface area contributed by atoms with Crippen LogP contribution in [-0.4, -0.2) is 44.4 Å². The van der Waals surface area contributed by atoms with Crippen LogP contribution in [0.3, 0.4) is 0 Å². The zero-order valence-electron chi connectivity index (χ0n) is 11.7. The van der Waals surface area contributed by atoms with Gasteiger partial charge in [0.1, 0.15) is 0 Å². The molecule has 2 N–H and O–H groups in total. The summed E-state index contributed by atoms with van der Waals surface area (Å²) < 4.78 is 28.0. The second-order valence-electron chi connectivity index (χ2n) is 4.32. The monoisotopic (exact) mass is 286 g/mol. The van der Waals surface area contributed by atoms with Crippen molar-refractivity contribution in [3.05, 3.63) is 24.0 Å². The Kier molecular flexibility index (Phi) is 6.20. The lowest BCUT2D eigenvalue weighted by Gasteiger charge is -2.18. The molecule has 0 unspecified atom stereocenters. The summed E-state index contributed by atoms with van der Waals surface area (Å²) in [7, 11) is -1.92. The number of aromatic nitrogens is 1. The van der Waals surface area contributed by atoms with Crippen LogP contribution in [0.2, 0.25) is 0 Å². The molecule has 1 aromatic heterocycles. The van der Waals surface area contributed by atoms with E-state index < -0.39 is 10.2 Å². The van der Waals surface area contributed by atoms with Gasteiger partial charge in [-0.25, -0.2) is 0 Å². The largest absolute Gasteiger partial charge is 0.317 e. The van der Waals surface area contributed by atoms with Gasteiger partial charge in [-0.15, -0.1) is 0 Å². The zero-order chi connectivity index (χ0) is 14.3. The highest BCUT2D eigenvalue weighted by atomic mass is 32.2. The van der Waals surface area contributed by atoms with Crippen LogP contribution in [0.5, 0.6) is 0 Å². The van der Waals surface area contributed by atoms with E-state index in [-0.39, 0.29) is 0 Å². The van der Waals surface area contributed by atoms with Crippen LogP contribution >= 0.6 is 0 Å². The number of hydrogen-bond donors (Lipinski definition) is 2. The summed E-state index contributed by atoms with van der Waals surface area (Å²) in [6, 6.07) is 3.33. The van der Waals surface area contributed by atoms with Gasteiger partial charge in [0, 0.05) is 25.5 Å². The van der Waals surface area contributed by atoms with Gasteiger partial charge in [-0.05, 0) is 38.6 Å². The maximum absolute atomic E-state index is 12.0. The third-order valence-electron chi connectivity index (χ3n) is 2.63. The van der Waals surface area contributed by atoms with Crippen molar-refractivity contribution >= 4 is 15.9 Å². The lowest BCUT2D eigenvalue weighted by Crippen LogP contribution is -2.34. The molecule has 0 aliphatic rings. The molecule has 0 atom stereocenters. The molecule has 0 aliphatic carbocycles. The predicted octanol–water partition coefficient (Wildman–Crippen LogP) is 0.978. The summed E-state index contributed by atoms with van der Waals surface area (Å²) >= 11 is 0. The van der Waals surface area contributed by atoms with E-state index in [1.165, 1.54) is 4.31 Å². The highest BCUT2D eigenvalue weighted by Crippen LogP contribution is 2.11. The summed E-state index contributed by atoms with van der Waals surface area (Å²) in [4.78, 5) is 4.03. The molecule has 0 aromatic carbocycles. The number of anilines is 1. The van der Waals surface area contributed by atoms with E-state index in [0.29, 0.717) is 12.2 Å². The minimum atomic E-state index is -3.49. The predicted molar refractivity (Wildman–Crippen MR) is 77.3 cm³/mol. The van der Waals surface area contributed by atoms with Crippen molar-refractivity contribution in [3.63, 3.8) is 0 Å². The average molecular weight is 286 g/mol. The Balaban J connectivity index is 2.55. The lowest BCUT2D eigenvalue weighted by molar-refractivity contribution is 0.459. The summed E-state index contributed by atoms with van der Waals surface area (Å²) in [6.45, 7) is 6.02. The molecule has 0 amide bonds. The quantitative estimate of drug-likeness (QED) is 0.699.